The molecule has 23 heavy (non-hydrogen) atoms. The summed E-state index contributed by atoms with van der Waals surface area (Å²) in [6, 6.07) is 9.63. The molecule has 2 N–H and O–H groups in total. The minimum absolute atomic E-state index is 0.00503. The molecular formula is C16H14N2O5. The molecule has 7 heteroatoms. The molecule has 2 aromatic carbocycles. The van der Waals surface area contributed by atoms with E-state index in [-0.39, 0.29) is 12.5 Å². The van der Waals surface area contributed by atoms with Crippen LogP contribution in [0.25, 0.3) is 0 Å². The van der Waals surface area contributed by atoms with Gasteiger partial charge in [0.2, 0.25) is 6.79 Å². The molecule has 7 nitrogen and oxygen atoms in total. The van der Waals surface area contributed by atoms with Crippen LogP contribution in [0.4, 0.5) is 0 Å². The van der Waals surface area contributed by atoms with Gasteiger partial charge in [0.15, 0.2) is 11.5 Å². The van der Waals surface area contributed by atoms with Crippen molar-refractivity contribution in [3.05, 3.63) is 47.5 Å². The zero-order chi connectivity index (χ0) is 16.2. The highest BCUT2D eigenvalue weighted by Gasteiger charge is 2.15. The first-order valence-electron chi connectivity index (χ1n) is 6.77. The van der Waals surface area contributed by atoms with Crippen LogP contribution in [0.15, 0.2) is 41.5 Å². The standard InChI is InChI=1S/C16H14N2O5/c1-21-12-4-2-11(13(19)7-12)8-17-18-16(20)10-3-5-14-15(6-10)23-9-22-14/h2-8,19H,9H2,1H3,(H,18,20). The van der Waals surface area contributed by atoms with Crippen LogP contribution in [0.3, 0.4) is 0 Å². The van der Waals surface area contributed by atoms with Gasteiger partial charge < -0.3 is 19.3 Å². The summed E-state index contributed by atoms with van der Waals surface area (Å²) in [5.41, 5.74) is 3.24. The number of hydrogen-bond acceptors (Lipinski definition) is 6. The first-order chi connectivity index (χ1) is 11.2. The highest BCUT2D eigenvalue weighted by Crippen LogP contribution is 2.32. The van der Waals surface area contributed by atoms with Crippen molar-refractivity contribution in [2.75, 3.05) is 13.9 Å². The number of hydrazone groups is 1. The third-order valence-electron chi connectivity index (χ3n) is 3.24. The Bertz CT molecular complexity index is 773. The van der Waals surface area contributed by atoms with Gasteiger partial charge in [-0.05, 0) is 30.3 Å². The van der Waals surface area contributed by atoms with Crippen molar-refractivity contribution in [3.63, 3.8) is 0 Å². The summed E-state index contributed by atoms with van der Waals surface area (Å²) in [6.45, 7) is 0.148. The van der Waals surface area contributed by atoms with Gasteiger partial charge in [-0.1, -0.05) is 0 Å². The quantitative estimate of drug-likeness (QED) is 0.664. The average molecular weight is 314 g/mol. The molecule has 1 aliphatic rings. The van der Waals surface area contributed by atoms with Crippen molar-refractivity contribution in [1.29, 1.82) is 0 Å². The molecule has 1 heterocycles. The third kappa shape index (κ3) is 3.18. The maximum atomic E-state index is 12.0. The van der Waals surface area contributed by atoms with Crippen LogP contribution in [0.1, 0.15) is 15.9 Å². The fourth-order valence-corrected chi connectivity index (χ4v) is 2.02. The molecule has 0 fully saturated rings. The zero-order valence-electron chi connectivity index (χ0n) is 12.3. The van der Waals surface area contributed by atoms with Crippen LogP contribution < -0.4 is 19.6 Å². The van der Waals surface area contributed by atoms with Gasteiger partial charge in [-0.2, -0.15) is 5.10 Å². The summed E-state index contributed by atoms with van der Waals surface area (Å²) < 4.78 is 15.4. The Labute approximate surface area is 132 Å². The molecule has 0 bridgehead atoms. The maximum Gasteiger partial charge on any atom is 0.271 e. The molecule has 1 amide bonds. The molecule has 2 aromatic rings. The molecule has 0 aromatic heterocycles. The first kappa shape index (κ1) is 14.7. The lowest BCUT2D eigenvalue weighted by Gasteiger charge is -2.03. The number of fused-ring (bicyclic) bond motifs is 1. The van der Waals surface area contributed by atoms with E-state index in [1.165, 1.54) is 19.4 Å². The molecule has 0 saturated heterocycles. The van der Waals surface area contributed by atoms with Crippen molar-refractivity contribution in [2.24, 2.45) is 5.10 Å². The van der Waals surface area contributed by atoms with E-state index in [0.29, 0.717) is 28.4 Å². The average Bonchev–Trinajstić information content (AvgIpc) is 3.03. The minimum atomic E-state index is -0.396. The van der Waals surface area contributed by atoms with Gasteiger partial charge in [-0.15, -0.1) is 0 Å². The van der Waals surface area contributed by atoms with Crippen LogP contribution in [-0.4, -0.2) is 31.1 Å². The molecule has 0 spiro atoms. The third-order valence-corrected chi connectivity index (χ3v) is 3.24. The fourth-order valence-electron chi connectivity index (χ4n) is 2.02. The number of hydrogen-bond donors (Lipinski definition) is 2. The number of amides is 1. The van der Waals surface area contributed by atoms with E-state index >= 15 is 0 Å². The number of carbonyl (C=O) groups is 1. The molecule has 0 aliphatic carbocycles. The molecule has 0 atom stereocenters. The molecule has 0 saturated carbocycles. The monoisotopic (exact) mass is 314 g/mol. The van der Waals surface area contributed by atoms with E-state index in [9.17, 15) is 9.90 Å². The van der Waals surface area contributed by atoms with E-state index in [1.54, 1.807) is 30.3 Å². The largest absolute Gasteiger partial charge is 0.507 e. The molecular weight excluding hydrogens is 300 g/mol. The lowest BCUT2D eigenvalue weighted by atomic mass is 10.2. The number of phenols is 1. The van der Waals surface area contributed by atoms with E-state index in [4.69, 9.17) is 14.2 Å². The Morgan fingerprint density at radius 2 is 2.09 bits per heavy atom. The Hall–Kier alpha value is -3.22. The number of phenolic OH excluding ortho intramolecular Hbond substituents is 1. The zero-order valence-corrected chi connectivity index (χ0v) is 12.3. The van der Waals surface area contributed by atoms with Crippen LogP contribution >= 0.6 is 0 Å². The van der Waals surface area contributed by atoms with Gasteiger partial charge in [-0.25, -0.2) is 5.43 Å². The molecule has 3 rings (SSSR count). The number of carbonyl (C=O) groups excluding carboxylic acids is 1. The van der Waals surface area contributed by atoms with Gasteiger partial charge >= 0.3 is 0 Å². The van der Waals surface area contributed by atoms with E-state index in [2.05, 4.69) is 10.5 Å². The Morgan fingerprint density at radius 1 is 1.26 bits per heavy atom. The first-order valence-corrected chi connectivity index (χ1v) is 6.77. The molecule has 0 radical (unpaired) electrons. The van der Waals surface area contributed by atoms with Crippen LogP contribution in [-0.2, 0) is 0 Å². The number of ether oxygens (including phenoxy) is 3. The second kappa shape index (κ2) is 6.27. The number of nitrogens with zero attached hydrogens (tertiary/aromatic N) is 1. The predicted octanol–water partition coefficient (Wildman–Crippen LogP) is 1.89. The van der Waals surface area contributed by atoms with E-state index in [0.717, 1.165) is 0 Å². The topological polar surface area (TPSA) is 89.4 Å². The summed E-state index contributed by atoms with van der Waals surface area (Å²) in [5.74, 6) is 1.27. The highest BCUT2D eigenvalue weighted by atomic mass is 16.7. The van der Waals surface area contributed by atoms with Gasteiger partial charge in [-0.3, -0.25) is 4.79 Å². The summed E-state index contributed by atoms with van der Waals surface area (Å²) in [5, 5.41) is 13.6. The SMILES string of the molecule is COc1ccc(C=NNC(=O)c2ccc3c(c2)OCO3)c(O)c1. The maximum absolute atomic E-state index is 12.0. The van der Waals surface area contributed by atoms with Gasteiger partial charge in [0, 0.05) is 17.2 Å². The smallest absolute Gasteiger partial charge is 0.271 e. The molecule has 0 unspecified atom stereocenters. The van der Waals surface area contributed by atoms with Crippen LogP contribution in [0, 0.1) is 0 Å². The van der Waals surface area contributed by atoms with Crippen molar-refractivity contribution in [1.82, 2.24) is 5.43 Å². The van der Waals surface area contributed by atoms with Gasteiger partial charge in [0.1, 0.15) is 11.5 Å². The number of methoxy groups -OCH3 is 1. The molecule has 1 aliphatic heterocycles. The van der Waals surface area contributed by atoms with Gasteiger partial charge in [0.25, 0.3) is 5.91 Å². The van der Waals surface area contributed by atoms with Crippen molar-refractivity contribution < 1.29 is 24.1 Å². The lowest BCUT2D eigenvalue weighted by molar-refractivity contribution is 0.0954. The van der Waals surface area contributed by atoms with Crippen molar-refractivity contribution in [3.8, 4) is 23.0 Å². The Balaban J connectivity index is 1.67. The summed E-state index contributed by atoms with van der Waals surface area (Å²) >= 11 is 0. The second-order valence-electron chi connectivity index (χ2n) is 4.69. The number of rotatable bonds is 4. The normalized spacial score (nSPS) is 12.4. The summed E-state index contributed by atoms with van der Waals surface area (Å²) in [4.78, 5) is 12.0. The minimum Gasteiger partial charge on any atom is -0.507 e. The summed E-state index contributed by atoms with van der Waals surface area (Å²) in [6.07, 6.45) is 1.35. The predicted molar refractivity (Wildman–Crippen MR) is 82.3 cm³/mol. The number of aromatic hydroxyl groups is 1. The van der Waals surface area contributed by atoms with E-state index in [1.807, 2.05) is 0 Å². The lowest BCUT2D eigenvalue weighted by Crippen LogP contribution is -2.17. The van der Waals surface area contributed by atoms with Crippen molar-refractivity contribution >= 4 is 12.1 Å². The van der Waals surface area contributed by atoms with Crippen LogP contribution in [0.2, 0.25) is 0 Å². The number of nitrogens with one attached hydrogen (secondary N) is 1. The van der Waals surface area contributed by atoms with Crippen LogP contribution in [0.5, 0.6) is 23.0 Å². The molecule has 118 valence electrons. The summed E-state index contributed by atoms with van der Waals surface area (Å²) in [7, 11) is 1.51. The number of benzene rings is 2. The fraction of sp³-hybridized carbons (Fsp3) is 0.125. The van der Waals surface area contributed by atoms with Gasteiger partial charge in [0.05, 0.1) is 13.3 Å². The van der Waals surface area contributed by atoms with Crippen molar-refractivity contribution in [2.45, 2.75) is 0 Å². The van der Waals surface area contributed by atoms with E-state index < -0.39 is 5.91 Å². The Kier molecular flexibility index (Phi) is 4.01. The second-order valence-corrected chi connectivity index (χ2v) is 4.69. The Morgan fingerprint density at radius 3 is 2.87 bits per heavy atom. The highest BCUT2D eigenvalue weighted by molar-refractivity contribution is 5.95.